The molecule has 24 heavy (non-hydrogen) atoms. The maximum absolute atomic E-state index is 11.7. The average molecular weight is 324 g/mol. The molecule has 0 radical (unpaired) electrons. The molecule has 2 aromatic carbocycles. The minimum absolute atomic E-state index is 0.299. The molecule has 2 aromatic rings. The van der Waals surface area contributed by atoms with Gasteiger partial charge in [-0.25, -0.2) is 5.43 Å². The summed E-state index contributed by atoms with van der Waals surface area (Å²) in [5, 5.41) is 3.93. The predicted molar refractivity (Wildman–Crippen MR) is 95.5 cm³/mol. The summed E-state index contributed by atoms with van der Waals surface area (Å²) in [6, 6.07) is 13.3. The highest BCUT2D eigenvalue weighted by Gasteiger charge is 2.03. The van der Waals surface area contributed by atoms with E-state index in [4.69, 9.17) is 9.47 Å². The van der Waals surface area contributed by atoms with Gasteiger partial charge in [-0.05, 0) is 42.3 Å². The Kier molecular flexibility index (Phi) is 6.14. The number of amides is 1. The first-order valence-corrected chi connectivity index (χ1v) is 7.42. The minimum Gasteiger partial charge on any atom is -0.493 e. The topological polar surface area (TPSA) is 59.9 Å². The lowest BCUT2D eigenvalue weighted by atomic mass is 10.1. The molecule has 1 amide bonds. The van der Waals surface area contributed by atoms with Crippen molar-refractivity contribution in [1.29, 1.82) is 0 Å². The van der Waals surface area contributed by atoms with Crippen LogP contribution in [-0.2, 0) is 4.79 Å². The third kappa shape index (κ3) is 4.98. The van der Waals surface area contributed by atoms with Crippen LogP contribution in [0.3, 0.4) is 0 Å². The number of hydrogen-bond acceptors (Lipinski definition) is 4. The third-order valence-electron chi connectivity index (χ3n) is 3.30. The highest BCUT2D eigenvalue weighted by molar-refractivity contribution is 5.92. The molecule has 5 nitrogen and oxygen atoms in total. The Morgan fingerprint density at radius 1 is 1.00 bits per heavy atom. The van der Waals surface area contributed by atoms with E-state index in [0.29, 0.717) is 11.5 Å². The van der Waals surface area contributed by atoms with Gasteiger partial charge in [0.25, 0.3) is 5.91 Å². The first kappa shape index (κ1) is 17.3. The number of carbonyl (C=O) groups excluding carboxylic acids is 1. The summed E-state index contributed by atoms with van der Waals surface area (Å²) in [5.41, 5.74) is 5.37. The molecule has 0 aliphatic rings. The fourth-order valence-corrected chi connectivity index (χ4v) is 1.99. The third-order valence-corrected chi connectivity index (χ3v) is 3.30. The SMILES string of the molecule is COc1ccc(/C=N/NC(=O)/C=C/c2ccc(C)cc2)cc1OC. The van der Waals surface area contributed by atoms with Gasteiger partial charge in [-0.3, -0.25) is 4.79 Å². The maximum atomic E-state index is 11.7. The monoisotopic (exact) mass is 324 g/mol. The van der Waals surface area contributed by atoms with Crippen LogP contribution >= 0.6 is 0 Å². The van der Waals surface area contributed by atoms with Crippen molar-refractivity contribution in [1.82, 2.24) is 5.43 Å². The molecule has 0 atom stereocenters. The number of ether oxygens (including phenoxy) is 2. The number of rotatable bonds is 6. The fraction of sp³-hybridized carbons (Fsp3) is 0.158. The molecule has 124 valence electrons. The van der Waals surface area contributed by atoms with E-state index in [1.807, 2.05) is 37.3 Å². The molecule has 0 aromatic heterocycles. The van der Waals surface area contributed by atoms with Crippen LogP contribution in [0.2, 0.25) is 0 Å². The van der Waals surface area contributed by atoms with Gasteiger partial charge in [0.05, 0.1) is 20.4 Å². The summed E-state index contributed by atoms with van der Waals surface area (Å²) in [4.78, 5) is 11.7. The Morgan fingerprint density at radius 2 is 1.67 bits per heavy atom. The quantitative estimate of drug-likeness (QED) is 0.504. The highest BCUT2D eigenvalue weighted by atomic mass is 16.5. The summed E-state index contributed by atoms with van der Waals surface area (Å²) >= 11 is 0. The fourth-order valence-electron chi connectivity index (χ4n) is 1.99. The van der Waals surface area contributed by atoms with E-state index in [-0.39, 0.29) is 5.91 Å². The smallest absolute Gasteiger partial charge is 0.264 e. The van der Waals surface area contributed by atoms with Gasteiger partial charge in [0.2, 0.25) is 0 Å². The van der Waals surface area contributed by atoms with Gasteiger partial charge in [-0.1, -0.05) is 29.8 Å². The van der Waals surface area contributed by atoms with Crippen molar-refractivity contribution < 1.29 is 14.3 Å². The number of nitrogens with one attached hydrogen (secondary N) is 1. The molecule has 0 unspecified atom stereocenters. The number of nitrogens with zero attached hydrogens (tertiary/aromatic N) is 1. The number of benzene rings is 2. The van der Waals surface area contributed by atoms with Crippen molar-refractivity contribution in [3.05, 3.63) is 65.2 Å². The molecule has 0 bridgehead atoms. The van der Waals surface area contributed by atoms with E-state index in [0.717, 1.165) is 11.1 Å². The summed E-state index contributed by atoms with van der Waals surface area (Å²) < 4.78 is 10.4. The first-order chi connectivity index (χ1) is 11.6. The number of aryl methyl sites for hydroxylation is 1. The maximum Gasteiger partial charge on any atom is 0.264 e. The Labute approximate surface area is 141 Å². The Hall–Kier alpha value is -3.08. The lowest BCUT2D eigenvalue weighted by Gasteiger charge is -2.07. The van der Waals surface area contributed by atoms with Crippen LogP contribution in [0.25, 0.3) is 6.08 Å². The van der Waals surface area contributed by atoms with Gasteiger partial charge in [0.15, 0.2) is 11.5 Å². The molecular weight excluding hydrogens is 304 g/mol. The van der Waals surface area contributed by atoms with Crippen molar-refractivity contribution in [3.63, 3.8) is 0 Å². The summed E-state index contributed by atoms with van der Waals surface area (Å²) in [6.45, 7) is 2.02. The standard InChI is InChI=1S/C19H20N2O3/c1-14-4-6-15(7-5-14)9-11-19(22)21-20-13-16-8-10-17(23-2)18(12-16)24-3/h4-13H,1-3H3,(H,21,22)/b11-9+,20-13+. The number of carbonyl (C=O) groups is 1. The van der Waals surface area contributed by atoms with Crippen molar-refractivity contribution in [2.45, 2.75) is 6.92 Å². The van der Waals surface area contributed by atoms with E-state index in [1.165, 1.54) is 11.6 Å². The zero-order valence-electron chi connectivity index (χ0n) is 13.9. The van der Waals surface area contributed by atoms with Crippen LogP contribution in [0, 0.1) is 6.92 Å². The number of hydrazone groups is 1. The molecule has 0 fully saturated rings. The van der Waals surface area contributed by atoms with Crippen LogP contribution in [-0.4, -0.2) is 26.3 Å². The van der Waals surface area contributed by atoms with E-state index >= 15 is 0 Å². The van der Waals surface area contributed by atoms with Gasteiger partial charge >= 0.3 is 0 Å². The van der Waals surface area contributed by atoms with Gasteiger partial charge in [-0.2, -0.15) is 5.10 Å². The van der Waals surface area contributed by atoms with Gasteiger partial charge in [0, 0.05) is 6.08 Å². The molecule has 0 saturated heterocycles. The predicted octanol–water partition coefficient (Wildman–Crippen LogP) is 3.18. The molecule has 0 heterocycles. The molecule has 0 aliphatic carbocycles. The second-order valence-corrected chi connectivity index (χ2v) is 5.09. The lowest BCUT2D eigenvalue weighted by Crippen LogP contribution is -2.14. The van der Waals surface area contributed by atoms with Crippen LogP contribution in [0.5, 0.6) is 11.5 Å². The van der Waals surface area contributed by atoms with Crippen LogP contribution < -0.4 is 14.9 Å². The highest BCUT2D eigenvalue weighted by Crippen LogP contribution is 2.26. The molecule has 1 N–H and O–H groups in total. The van der Waals surface area contributed by atoms with Crippen molar-refractivity contribution in [2.24, 2.45) is 5.10 Å². The Morgan fingerprint density at radius 3 is 2.33 bits per heavy atom. The van der Waals surface area contributed by atoms with Crippen LogP contribution in [0.4, 0.5) is 0 Å². The van der Waals surface area contributed by atoms with Crippen LogP contribution in [0.15, 0.2) is 53.6 Å². The zero-order valence-corrected chi connectivity index (χ0v) is 13.9. The van der Waals surface area contributed by atoms with Crippen molar-refractivity contribution in [3.8, 4) is 11.5 Å². The van der Waals surface area contributed by atoms with Gasteiger partial charge < -0.3 is 9.47 Å². The van der Waals surface area contributed by atoms with E-state index < -0.39 is 0 Å². The van der Waals surface area contributed by atoms with Crippen molar-refractivity contribution >= 4 is 18.2 Å². The number of methoxy groups -OCH3 is 2. The molecule has 0 aliphatic heterocycles. The molecule has 5 heteroatoms. The first-order valence-electron chi connectivity index (χ1n) is 7.42. The average Bonchev–Trinajstić information content (AvgIpc) is 2.61. The van der Waals surface area contributed by atoms with Crippen LogP contribution in [0.1, 0.15) is 16.7 Å². The van der Waals surface area contributed by atoms with Gasteiger partial charge in [0.1, 0.15) is 0 Å². The van der Waals surface area contributed by atoms with E-state index in [1.54, 1.807) is 38.6 Å². The van der Waals surface area contributed by atoms with E-state index in [9.17, 15) is 4.79 Å². The largest absolute Gasteiger partial charge is 0.493 e. The lowest BCUT2D eigenvalue weighted by molar-refractivity contribution is -0.116. The minimum atomic E-state index is -0.299. The molecule has 0 saturated carbocycles. The molecule has 2 rings (SSSR count). The Balaban J connectivity index is 1.93. The second-order valence-electron chi connectivity index (χ2n) is 5.09. The van der Waals surface area contributed by atoms with Gasteiger partial charge in [-0.15, -0.1) is 0 Å². The summed E-state index contributed by atoms with van der Waals surface area (Å²) in [7, 11) is 3.14. The second kappa shape index (κ2) is 8.53. The summed E-state index contributed by atoms with van der Waals surface area (Å²) in [6.07, 6.45) is 4.72. The summed E-state index contributed by atoms with van der Waals surface area (Å²) in [5.74, 6) is 0.944. The number of hydrogen-bond donors (Lipinski definition) is 1. The normalized spacial score (nSPS) is 11.0. The molecule has 0 spiro atoms. The zero-order chi connectivity index (χ0) is 17.4. The van der Waals surface area contributed by atoms with E-state index in [2.05, 4.69) is 10.5 Å². The van der Waals surface area contributed by atoms with Crippen molar-refractivity contribution in [2.75, 3.05) is 14.2 Å². The Bertz CT molecular complexity index is 750. The molecular formula is C19H20N2O3.